The highest BCUT2D eigenvalue weighted by atomic mass is 16.6. The van der Waals surface area contributed by atoms with Crippen LogP contribution in [0.4, 0.5) is 0 Å². The smallest absolute Gasteiger partial charge is 0.339 e. The number of carbonyl (C=O) groups is 4. The monoisotopic (exact) mass is 784 g/mol. The molecule has 4 aromatic rings. The molecule has 0 aromatic heterocycles. The first-order chi connectivity index (χ1) is 26.3. The van der Waals surface area contributed by atoms with Crippen molar-refractivity contribution in [1.29, 1.82) is 0 Å². The number of benzene rings is 4. The van der Waals surface area contributed by atoms with Crippen molar-refractivity contribution in [3.8, 4) is 91.2 Å². The number of aliphatic hydroxyl groups excluding tert-OH is 2. The van der Waals surface area contributed by atoms with Gasteiger partial charge in [-0.3, -0.25) is 0 Å². The van der Waals surface area contributed by atoms with Crippen LogP contribution in [0.2, 0.25) is 0 Å². The number of esters is 4. The number of ether oxygens (including phenoxy) is 4. The van der Waals surface area contributed by atoms with E-state index < -0.39 is 180 Å². The van der Waals surface area contributed by atoms with Crippen LogP contribution < -0.4 is 0 Å². The van der Waals surface area contributed by atoms with Gasteiger partial charge in [-0.1, -0.05) is 0 Å². The molecule has 4 aliphatic heterocycles. The fourth-order valence-electron chi connectivity index (χ4n) is 6.70. The summed E-state index contributed by atoms with van der Waals surface area (Å²) in [6.07, 6.45) is -12.4. The first-order valence-electron chi connectivity index (χ1n) is 15.6. The van der Waals surface area contributed by atoms with E-state index in [2.05, 4.69) is 0 Å². The van der Waals surface area contributed by atoms with Crippen LogP contribution in [0.1, 0.15) is 53.1 Å². The minimum absolute atomic E-state index is 0.403. The summed E-state index contributed by atoms with van der Waals surface area (Å²) in [6.45, 7) is -1.31. The van der Waals surface area contributed by atoms with E-state index in [1.165, 1.54) is 0 Å². The number of hydrogen-bond acceptors (Lipinski definition) is 22. The van der Waals surface area contributed by atoms with Gasteiger partial charge in [0.25, 0.3) is 0 Å². The second-order valence-electron chi connectivity index (χ2n) is 12.5. The lowest BCUT2D eigenvalue weighted by atomic mass is 9.82. The maximum atomic E-state index is 14.1. The zero-order chi connectivity index (χ0) is 41.0. The lowest BCUT2D eigenvalue weighted by Crippen LogP contribution is -2.55. The predicted molar refractivity (Wildman–Crippen MR) is 173 cm³/mol. The van der Waals surface area contributed by atoms with Gasteiger partial charge >= 0.3 is 23.9 Å². The average Bonchev–Trinajstić information content (AvgIpc) is 3.16. The van der Waals surface area contributed by atoms with E-state index in [9.17, 15) is 90.7 Å². The predicted octanol–water partition coefficient (Wildman–Crippen LogP) is 0.356. The lowest BCUT2D eigenvalue weighted by Gasteiger charge is -2.40. The van der Waals surface area contributed by atoms with Gasteiger partial charge < -0.3 is 90.4 Å². The van der Waals surface area contributed by atoms with Crippen molar-refractivity contribution in [3.63, 3.8) is 0 Å². The van der Waals surface area contributed by atoms with Crippen LogP contribution >= 0.6 is 0 Å². The molecule has 0 amide bonds. The first-order valence-corrected chi connectivity index (χ1v) is 15.6. The van der Waals surface area contributed by atoms with Crippen LogP contribution in [0.5, 0.6) is 69.0 Å². The number of aromatic hydroxyl groups is 12. The molecule has 56 heavy (non-hydrogen) atoms. The van der Waals surface area contributed by atoms with Gasteiger partial charge in [-0.15, -0.1) is 0 Å². The van der Waals surface area contributed by atoms with E-state index in [0.29, 0.717) is 18.2 Å². The number of fused-ring (bicyclic) bond motifs is 6. The third-order valence-electron chi connectivity index (χ3n) is 9.33. The van der Waals surface area contributed by atoms with Gasteiger partial charge in [-0.2, -0.15) is 0 Å². The van der Waals surface area contributed by atoms with Gasteiger partial charge in [0.2, 0.25) is 23.0 Å². The molecule has 4 bridgehead atoms. The Morgan fingerprint density at radius 3 is 1.29 bits per heavy atom. The summed E-state index contributed by atoms with van der Waals surface area (Å²) in [5.41, 5.74) is -9.23. The summed E-state index contributed by atoms with van der Waals surface area (Å²) in [6, 6.07) is 1.33. The Hall–Kier alpha value is -7.72. The van der Waals surface area contributed by atoms with E-state index in [-0.39, 0.29) is 0 Å². The van der Waals surface area contributed by atoms with Crippen molar-refractivity contribution in [3.05, 3.63) is 46.0 Å². The van der Waals surface area contributed by atoms with Crippen LogP contribution in [-0.2, 0) is 18.9 Å². The first kappa shape index (κ1) is 36.6. The van der Waals surface area contributed by atoms with E-state index >= 15 is 0 Å². The van der Waals surface area contributed by atoms with Gasteiger partial charge in [0, 0.05) is 27.8 Å². The standard InChI is InChI=1S/C34H24O22/c35-8-1-5-12(21(42)18(8)39)13-6(2-9(36)19(40)22(13)43)32(50)54-28(11(38)4-53-31(5)49)30-29-26(47)17-16(34(52)55-29)15(24(45)27(48)25(17)46)14-7(33(51)56-30)3-10(37)20(41)23(14)44/h1-3,11,26,28-30,35-48H,4H2/t11?,26-,28?,29?,30?/m1/s1. The Labute approximate surface area is 307 Å². The molecule has 14 N–H and O–H groups in total. The Balaban J connectivity index is 1.48. The van der Waals surface area contributed by atoms with Crippen molar-refractivity contribution >= 4 is 23.9 Å². The van der Waals surface area contributed by atoms with E-state index in [1.807, 2.05) is 0 Å². The van der Waals surface area contributed by atoms with Crippen molar-refractivity contribution in [2.45, 2.75) is 30.5 Å². The second kappa shape index (κ2) is 12.4. The summed E-state index contributed by atoms with van der Waals surface area (Å²) in [5.74, 6) is -22.9. The molecule has 4 aliphatic rings. The summed E-state index contributed by atoms with van der Waals surface area (Å²) in [4.78, 5) is 55.1. The summed E-state index contributed by atoms with van der Waals surface area (Å²) < 4.78 is 21.3. The molecule has 22 heteroatoms. The van der Waals surface area contributed by atoms with Crippen LogP contribution in [0.15, 0.2) is 18.2 Å². The maximum absolute atomic E-state index is 14.1. The Morgan fingerprint density at radius 2 is 0.804 bits per heavy atom. The van der Waals surface area contributed by atoms with Crippen LogP contribution in [0, 0.1) is 0 Å². The normalized spacial score (nSPS) is 21.6. The van der Waals surface area contributed by atoms with Gasteiger partial charge in [-0.05, 0) is 18.2 Å². The highest BCUT2D eigenvalue weighted by Gasteiger charge is 2.53. The molecule has 22 nitrogen and oxygen atoms in total. The number of aliphatic hydroxyl groups is 2. The number of phenolic OH excluding ortho intramolecular Hbond substituents is 12. The van der Waals surface area contributed by atoms with Crippen LogP contribution in [0.3, 0.4) is 0 Å². The molecule has 5 atom stereocenters. The van der Waals surface area contributed by atoms with Crippen molar-refractivity contribution < 1.29 is 110 Å². The highest BCUT2D eigenvalue weighted by Crippen LogP contribution is 2.58. The number of phenols is 12. The molecule has 0 saturated carbocycles. The second-order valence-corrected chi connectivity index (χ2v) is 12.5. The molecular weight excluding hydrogens is 760 g/mol. The minimum Gasteiger partial charge on any atom is -0.504 e. The fourth-order valence-corrected chi connectivity index (χ4v) is 6.70. The Morgan fingerprint density at radius 1 is 0.411 bits per heavy atom. The third kappa shape index (κ3) is 5.03. The molecule has 292 valence electrons. The molecule has 8 rings (SSSR count). The van der Waals surface area contributed by atoms with Gasteiger partial charge in [0.05, 0.1) is 22.3 Å². The fraction of sp³-hybridized carbons (Fsp3) is 0.176. The van der Waals surface area contributed by atoms with E-state index in [1.54, 1.807) is 0 Å². The van der Waals surface area contributed by atoms with Gasteiger partial charge in [0.15, 0.2) is 64.3 Å². The highest BCUT2D eigenvalue weighted by molar-refractivity contribution is 6.11. The molecule has 4 unspecified atom stereocenters. The molecule has 0 aliphatic carbocycles. The number of cyclic esters (lactones) is 2. The number of carbonyl (C=O) groups excluding carboxylic acids is 4. The molecule has 0 spiro atoms. The zero-order valence-corrected chi connectivity index (χ0v) is 27.4. The molecule has 4 heterocycles. The quantitative estimate of drug-likeness (QED) is 0.0703. The van der Waals surface area contributed by atoms with Gasteiger partial charge in [0.1, 0.15) is 18.8 Å². The summed E-state index contributed by atoms with van der Waals surface area (Å²) in [7, 11) is 0. The molecule has 0 fully saturated rings. The molecule has 4 aromatic carbocycles. The number of rotatable bonds is 1. The number of hydrogen-bond donors (Lipinski definition) is 14. The topological polar surface area (TPSA) is 388 Å². The Bertz CT molecular complexity index is 2470. The van der Waals surface area contributed by atoms with E-state index in [4.69, 9.17) is 18.9 Å². The molecular formula is C34H24O22. The SMILES string of the molecule is O=C1OCC(O)C(C2OC(=O)c3cc(O)c(O)c(O)c3-c3c(O)c(O)c(O)c4c3C(=O)OC2[C@@H]4O)OC(=O)c2cc(O)c(O)c(O)c2-c2c1cc(O)c(O)c2O. The summed E-state index contributed by atoms with van der Waals surface area (Å²) in [5, 5.41) is 150. The average molecular weight is 785 g/mol. The third-order valence-corrected chi connectivity index (χ3v) is 9.33. The summed E-state index contributed by atoms with van der Waals surface area (Å²) >= 11 is 0. The van der Waals surface area contributed by atoms with Crippen molar-refractivity contribution in [2.24, 2.45) is 0 Å². The van der Waals surface area contributed by atoms with Crippen LogP contribution in [0.25, 0.3) is 22.3 Å². The molecule has 0 saturated heterocycles. The minimum atomic E-state index is -2.55. The van der Waals surface area contributed by atoms with E-state index in [0.717, 1.165) is 0 Å². The maximum Gasteiger partial charge on any atom is 0.339 e. The van der Waals surface area contributed by atoms with Crippen molar-refractivity contribution in [1.82, 2.24) is 0 Å². The van der Waals surface area contributed by atoms with Crippen molar-refractivity contribution in [2.75, 3.05) is 6.61 Å². The molecule has 0 radical (unpaired) electrons. The zero-order valence-electron chi connectivity index (χ0n) is 27.4. The Kier molecular flexibility index (Phi) is 8.13. The lowest BCUT2D eigenvalue weighted by molar-refractivity contribution is -0.153. The van der Waals surface area contributed by atoms with Crippen LogP contribution in [-0.4, -0.2) is 126 Å². The van der Waals surface area contributed by atoms with Gasteiger partial charge in [-0.25, -0.2) is 19.2 Å². The largest absolute Gasteiger partial charge is 0.504 e.